The van der Waals surface area contributed by atoms with Crippen molar-refractivity contribution in [3.05, 3.63) is 24.3 Å². The van der Waals surface area contributed by atoms with E-state index in [1.54, 1.807) is 11.8 Å². The van der Waals surface area contributed by atoms with E-state index in [-0.39, 0.29) is 5.91 Å². The summed E-state index contributed by atoms with van der Waals surface area (Å²) in [6.45, 7) is 0.405. The lowest BCUT2D eigenvalue weighted by Gasteiger charge is -2.12. The van der Waals surface area contributed by atoms with Crippen molar-refractivity contribution >= 4 is 23.4 Å². The molecule has 3 nitrogen and oxygen atoms in total. The van der Waals surface area contributed by atoms with Crippen LogP contribution in [0, 0.1) is 0 Å². The van der Waals surface area contributed by atoms with Crippen molar-refractivity contribution in [2.24, 2.45) is 0 Å². The fourth-order valence-electron chi connectivity index (χ4n) is 1.22. The number of amides is 1. The Morgan fingerprint density at radius 2 is 2.07 bits per heavy atom. The molecule has 0 atom stereocenters. The van der Waals surface area contributed by atoms with Gasteiger partial charge in [-0.05, 0) is 32.5 Å². The molecule has 15 heavy (non-hydrogen) atoms. The van der Waals surface area contributed by atoms with Crippen molar-refractivity contribution in [2.75, 3.05) is 32.2 Å². The molecule has 0 unspecified atom stereocenters. The number of anilines is 1. The molecule has 0 heterocycles. The van der Waals surface area contributed by atoms with Gasteiger partial charge in [0.1, 0.15) is 0 Å². The standard InChI is InChI=1S/C11H16N2OS/c1-13(2)8-11(14)12-9-6-4-5-7-10(9)15-3/h4-7H,8H2,1-3H3,(H,12,14). The number of nitrogens with zero attached hydrogens (tertiary/aromatic N) is 1. The third-order valence-electron chi connectivity index (χ3n) is 1.84. The summed E-state index contributed by atoms with van der Waals surface area (Å²) in [6, 6.07) is 7.80. The van der Waals surface area contributed by atoms with Gasteiger partial charge in [0.25, 0.3) is 0 Å². The third-order valence-corrected chi connectivity index (χ3v) is 2.64. The van der Waals surface area contributed by atoms with E-state index >= 15 is 0 Å². The number of hydrogen-bond acceptors (Lipinski definition) is 3. The molecule has 0 aromatic heterocycles. The van der Waals surface area contributed by atoms with Crippen LogP contribution in [0.4, 0.5) is 5.69 Å². The maximum atomic E-state index is 11.5. The second kappa shape index (κ2) is 5.78. The number of benzene rings is 1. The van der Waals surface area contributed by atoms with Crippen LogP contribution in [0.1, 0.15) is 0 Å². The Bertz CT molecular complexity index is 339. The SMILES string of the molecule is CSc1ccccc1NC(=O)CN(C)C. The molecule has 1 N–H and O–H groups in total. The van der Waals surface area contributed by atoms with E-state index in [4.69, 9.17) is 0 Å². The number of likely N-dealkylation sites (N-methyl/N-ethyl adjacent to an activating group) is 1. The molecule has 0 radical (unpaired) electrons. The topological polar surface area (TPSA) is 32.3 Å². The quantitative estimate of drug-likeness (QED) is 0.793. The zero-order valence-electron chi connectivity index (χ0n) is 9.28. The lowest BCUT2D eigenvalue weighted by Crippen LogP contribution is -2.27. The van der Waals surface area contributed by atoms with E-state index in [9.17, 15) is 4.79 Å². The van der Waals surface area contributed by atoms with Crippen LogP contribution in [0.2, 0.25) is 0 Å². The maximum absolute atomic E-state index is 11.5. The minimum absolute atomic E-state index is 0.0153. The molecule has 1 aromatic rings. The Morgan fingerprint density at radius 1 is 1.40 bits per heavy atom. The van der Waals surface area contributed by atoms with Crippen LogP contribution >= 0.6 is 11.8 Å². The Balaban J connectivity index is 2.67. The summed E-state index contributed by atoms with van der Waals surface area (Å²) < 4.78 is 0. The van der Waals surface area contributed by atoms with Crippen molar-refractivity contribution in [2.45, 2.75) is 4.90 Å². The van der Waals surface area contributed by atoms with Crippen LogP contribution < -0.4 is 5.32 Å². The highest BCUT2D eigenvalue weighted by molar-refractivity contribution is 7.98. The monoisotopic (exact) mass is 224 g/mol. The van der Waals surface area contributed by atoms with Crippen molar-refractivity contribution < 1.29 is 4.79 Å². The van der Waals surface area contributed by atoms with E-state index < -0.39 is 0 Å². The lowest BCUT2D eigenvalue weighted by molar-refractivity contribution is -0.116. The molecular formula is C11H16N2OS. The fourth-order valence-corrected chi connectivity index (χ4v) is 1.78. The maximum Gasteiger partial charge on any atom is 0.238 e. The Morgan fingerprint density at radius 3 is 2.67 bits per heavy atom. The number of rotatable bonds is 4. The van der Waals surface area contributed by atoms with E-state index in [0.29, 0.717) is 6.54 Å². The van der Waals surface area contributed by atoms with E-state index in [2.05, 4.69) is 5.32 Å². The molecule has 0 aliphatic rings. The molecule has 0 saturated heterocycles. The molecule has 0 aliphatic carbocycles. The molecule has 0 saturated carbocycles. The van der Waals surface area contributed by atoms with Crippen molar-refractivity contribution in [1.29, 1.82) is 0 Å². The highest BCUT2D eigenvalue weighted by atomic mass is 32.2. The van der Waals surface area contributed by atoms with E-state index in [1.165, 1.54) is 0 Å². The minimum Gasteiger partial charge on any atom is -0.324 e. The van der Waals surface area contributed by atoms with Crippen LogP contribution in [0.15, 0.2) is 29.2 Å². The van der Waals surface area contributed by atoms with Gasteiger partial charge in [-0.2, -0.15) is 0 Å². The summed E-state index contributed by atoms with van der Waals surface area (Å²) >= 11 is 1.63. The van der Waals surface area contributed by atoms with Gasteiger partial charge in [-0.3, -0.25) is 4.79 Å². The largest absolute Gasteiger partial charge is 0.324 e. The molecule has 4 heteroatoms. The molecule has 0 aliphatic heterocycles. The van der Waals surface area contributed by atoms with E-state index in [0.717, 1.165) is 10.6 Å². The van der Waals surface area contributed by atoms with Crippen LogP contribution in [0.5, 0.6) is 0 Å². The third kappa shape index (κ3) is 3.93. The average molecular weight is 224 g/mol. The number of nitrogens with one attached hydrogen (secondary N) is 1. The Hall–Kier alpha value is -1.00. The van der Waals surface area contributed by atoms with Crippen LogP contribution in [0.25, 0.3) is 0 Å². The van der Waals surface area contributed by atoms with Crippen molar-refractivity contribution in [1.82, 2.24) is 4.90 Å². The highest BCUT2D eigenvalue weighted by Crippen LogP contribution is 2.24. The first-order valence-electron chi connectivity index (χ1n) is 4.71. The molecular weight excluding hydrogens is 208 g/mol. The molecule has 1 aromatic carbocycles. The summed E-state index contributed by atoms with van der Waals surface area (Å²) in [4.78, 5) is 14.5. The molecule has 1 amide bonds. The number of hydrogen-bond donors (Lipinski definition) is 1. The summed E-state index contributed by atoms with van der Waals surface area (Å²) in [6.07, 6.45) is 2.00. The predicted octanol–water partition coefficient (Wildman–Crippen LogP) is 1.91. The molecule has 0 fully saturated rings. The van der Waals surface area contributed by atoms with Crippen LogP contribution in [0.3, 0.4) is 0 Å². The zero-order valence-corrected chi connectivity index (χ0v) is 10.1. The van der Waals surface area contributed by atoms with E-state index in [1.807, 2.05) is 49.5 Å². The first-order valence-corrected chi connectivity index (χ1v) is 5.93. The fraction of sp³-hybridized carbons (Fsp3) is 0.364. The summed E-state index contributed by atoms with van der Waals surface area (Å²) in [5, 5.41) is 2.89. The van der Waals surface area contributed by atoms with Gasteiger partial charge >= 0.3 is 0 Å². The molecule has 82 valence electrons. The van der Waals surface area contributed by atoms with Gasteiger partial charge in [-0.15, -0.1) is 11.8 Å². The Labute approximate surface area is 94.9 Å². The number of carbonyl (C=O) groups excluding carboxylic acids is 1. The predicted molar refractivity (Wildman–Crippen MR) is 65.4 cm³/mol. The van der Waals surface area contributed by atoms with Crippen LogP contribution in [-0.2, 0) is 4.79 Å². The molecule has 1 rings (SSSR count). The highest BCUT2D eigenvalue weighted by Gasteiger charge is 2.06. The first kappa shape index (κ1) is 12.1. The first-order chi connectivity index (χ1) is 7.13. The van der Waals surface area contributed by atoms with Gasteiger partial charge in [0, 0.05) is 4.90 Å². The van der Waals surface area contributed by atoms with Gasteiger partial charge in [-0.1, -0.05) is 12.1 Å². The second-order valence-corrected chi connectivity index (χ2v) is 4.33. The number of carbonyl (C=O) groups is 1. The average Bonchev–Trinajstić information content (AvgIpc) is 2.17. The van der Waals surface area contributed by atoms with Gasteiger partial charge in [0.05, 0.1) is 12.2 Å². The smallest absolute Gasteiger partial charge is 0.238 e. The van der Waals surface area contributed by atoms with Crippen molar-refractivity contribution in [3.63, 3.8) is 0 Å². The minimum atomic E-state index is 0.0153. The van der Waals surface area contributed by atoms with Gasteiger partial charge in [0.2, 0.25) is 5.91 Å². The summed E-state index contributed by atoms with van der Waals surface area (Å²) in [5.74, 6) is 0.0153. The van der Waals surface area contributed by atoms with Gasteiger partial charge in [-0.25, -0.2) is 0 Å². The molecule has 0 bridgehead atoms. The Kier molecular flexibility index (Phi) is 4.65. The van der Waals surface area contributed by atoms with Gasteiger partial charge in [0.15, 0.2) is 0 Å². The summed E-state index contributed by atoms with van der Waals surface area (Å²) in [7, 11) is 3.75. The van der Waals surface area contributed by atoms with Crippen LogP contribution in [-0.4, -0.2) is 37.7 Å². The molecule has 0 spiro atoms. The van der Waals surface area contributed by atoms with Crippen molar-refractivity contribution in [3.8, 4) is 0 Å². The number of para-hydroxylation sites is 1. The second-order valence-electron chi connectivity index (χ2n) is 3.49. The number of thioether (sulfide) groups is 1. The normalized spacial score (nSPS) is 10.4. The lowest BCUT2D eigenvalue weighted by atomic mass is 10.3. The zero-order chi connectivity index (χ0) is 11.3. The summed E-state index contributed by atoms with van der Waals surface area (Å²) in [5.41, 5.74) is 0.886. The van der Waals surface area contributed by atoms with Gasteiger partial charge < -0.3 is 10.2 Å².